The number of anilines is 2. The molecule has 31 heavy (non-hydrogen) atoms. The number of carboxylic acid groups (broad SMARTS) is 1. The van der Waals surface area contributed by atoms with Crippen molar-refractivity contribution >= 4 is 23.1 Å². The fourth-order valence-corrected chi connectivity index (χ4v) is 5.20. The molecule has 2 aliphatic heterocycles. The van der Waals surface area contributed by atoms with Crippen LogP contribution in [0.4, 0.5) is 11.5 Å². The summed E-state index contributed by atoms with van der Waals surface area (Å²) < 4.78 is 1.60. The number of carboxylic acids is 1. The molecule has 0 amide bonds. The van der Waals surface area contributed by atoms with E-state index in [9.17, 15) is 14.7 Å². The Labute approximate surface area is 180 Å². The SMILES string of the molecule is Cc1cc(C(C)Nc2ccccc2C(=O)O)c2nc(N3C4CCC3CC4)cc(=O)n2c1. The van der Waals surface area contributed by atoms with Gasteiger partial charge >= 0.3 is 5.97 Å². The third-order valence-corrected chi connectivity index (χ3v) is 6.63. The van der Waals surface area contributed by atoms with Crippen LogP contribution >= 0.6 is 0 Å². The topological polar surface area (TPSA) is 86.9 Å². The summed E-state index contributed by atoms with van der Waals surface area (Å²) in [7, 11) is 0. The number of aromatic carboxylic acids is 1. The average molecular weight is 418 g/mol. The van der Waals surface area contributed by atoms with Crippen LogP contribution in [0.5, 0.6) is 0 Å². The second-order valence-electron chi connectivity index (χ2n) is 8.71. The Morgan fingerprint density at radius 3 is 2.52 bits per heavy atom. The van der Waals surface area contributed by atoms with E-state index in [1.807, 2.05) is 26.1 Å². The van der Waals surface area contributed by atoms with Gasteiger partial charge in [-0.05, 0) is 63.3 Å². The molecular weight excluding hydrogens is 392 g/mol. The number of nitrogens with zero attached hydrogens (tertiary/aromatic N) is 3. The molecule has 7 nitrogen and oxygen atoms in total. The lowest BCUT2D eigenvalue weighted by molar-refractivity contribution is 0.0698. The molecule has 3 aromatic rings. The van der Waals surface area contributed by atoms with E-state index in [1.165, 1.54) is 0 Å². The highest BCUT2D eigenvalue weighted by Gasteiger charge is 2.40. The Hall–Kier alpha value is -3.35. The van der Waals surface area contributed by atoms with Gasteiger partial charge in [0.25, 0.3) is 5.56 Å². The molecule has 2 saturated heterocycles. The zero-order valence-electron chi connectivity index (χ0n) is 17.7. The van der Waals surface area contributed by atoms with Gasteiger partial charge in [0, 0.05) is 35.6 Å². The first-order chi connectivity index (χ1) is 14.9. The van der Waals surface area contributed by atoms with Gasteiger partial charge in [0.2, 0.25) is 0 Å². The molecule has 1 aromatic carbocycles. The monoisotopic (exact) mass is 418 g/mol. The van der Waals surface area contributed by atoms with Crippen molar-refractivity contribution in [2.24, 2.45) is 0 Å². The van der Waals surface area contributed by atoms with E-state index < -0.39 is 5.97 Å². The normalized spacial score (nSPS) is 20.9. The van der Waals surface area contributed by atoms with Gasteiger partial charge in [-0.1, -0.05) is 12.1 Å². The van der Waals surface area contributed by atoms with Crippen molar-refractivity contribution in [1.29, 1.82) is 0 Å². The Morgan fingerprint density at radius 2 is 1.84 bits per heavy atom. The van der Waals surface area contributed by atoms with Gasteiger partial charge in [0.05, 0.1) is 11.6 Å². The number of carbonyl (C=O) groups is 1. The smallest absolute Gasteiger partial charge is 0.337 e. The summed E-state index contributed by atoms with van der Waals surface area (Å²) in [6, 6.07) is 11.2. The Kier molecular flexibility index (Phi) is 4.68. The van der Waals surface area contributed by atoms with Crippen LogP contribution in [0.3, 0.4) is 0 Å². The molecule has 7 heteroatoms. The molecule has 5 rings (SSSR count). The van der Waals surface area contributed by atoms with Gasteiger partial charge < -0.3 is 15.3 Å². The van der Waals surface area contributed by atoms with E-state index in [0.29, 0.717) is 23.4 Å². The molecule has 0 radical (unpaired) electrons. The van der Waals surface area contributed by atoms with E-state index in [2.05, 4.69) is 10.2 Å². The molecular formula is C24H26N4O3. The summed E-state index contributed by atoms with van der Waals surface area (Å²) in [6.07, 6.45) is 6.47. The minimum absolute atomic E-state index is 0.0885. The lowest BCUT2D eigenvalue weighted by Crippen LogP contribution is -2.31. The van der Waals surface area contributed by atoms with E-state index >= 15 is 0 Å². The van der Waals surface area contributed by atoms with Crippen molar-refractivity contribution in [3.63, 3.8) is 0 Å². The van der Waals surface area contributed by atoms with Crippen LogP contribution in [0.25, 0.3) is 5.65 Å². The predicted octanol–water partition coefficient (Wildman–Crippen LogP) is 4.01. The second kappa shape index (κ2) is 7.41. The number of hydrogen-bond donors (Lipinski definition) is 2. The molecule has 0 saturated carbocycles. The fraction of sp³-hybridized carbons (Fsp3) is 0.375. The van der Waals surface area contributed by atoms with E-state index in [1.54, 1.807) is 34.7 Å². The summed E-state index contributed by atoms with van der Waals surface area (Å²) in [4.78, 5) is 31.9. The Morgan fingerprint density at radius 1 is 1.16 bits per heavy atom. The largest absolute Gasteiger partial charge is 0.478 e. The van der Waals surface area contributed by atoms with Crippen molar-refractivity contribution < 1.29 is 9.90 Å². The zero-order chi connectivity index (χ0) is 21.7. The van der Waals surface area contributed by atoms with Gasteiger partial charge in [-0.25, -0.2) is 9.78 Å². The maximum absolute atomic E-state index is 13.0. The fourth-order valence-electron chi connectivity index (χ4n) is 5.20. The highest BCUT2D eigenvalue weighted by molar-refractivity contribution is 5.94. The lowest BCUT2D eigenvalue weighted by Gasteiger charge is -2.24. The van der Waals surface area contributed by atoms with E-state index in [0.717, 1.165) is 42.6 Å². The van der Waals surface area contributed by atoms with Gasteiger partial charge in [-0.15, -0.1) is 0 Å². The number of hydrogen-bond acceptors (Lipinski definition) is 5. The van der Waals surface area contributed by atoms with Crippen molar-refractivity contribution in [3.05, 3.63) is 69.6 Å². The van der Waals surface area contributed by atoms with Crippen LogP contribution in [0.15, 0.2) is 47.4 Å². The standard InChI is InChI=1S/C24H26N4O3/c1-14-11-19(15(2)25-20-6-4-3-5-18(20)24(30)31)23-26-21(12-22(29)27(23)13-14)28-16-7-8-17(28)10-9-16/h3-6,11-13,15-17,25H,7-10H2,1-2H3,(H,30,31). The molecule has 0 aliphatic carbocycles. The van der Waals surface area contributed by atoms with Crippen LogP contribution in [0.2, 0.25) is 0 Å². The molecule has 0 spiro atoms. The van der Waals surface area contributed by atoms with Gasteiger partial charge in [0.15, 0.2) is 0 Å². The molecule has 160 valence electrons. The van der Waals surface area contributed by atoms with Crippen LogP contribution in [0, 0.1) is 6.92 Å². The number of fused-ring (bicyclic) bond motifs is 3. The van der Waals surface area contributed by atoms with Crippen LogP contribution < -0.4 is 15.8 Å². The number of aryl methyl sites for hydroxylation is 1. The number of aromatic nitrogens is 2. The summed E-state index contributed by atoms with van der Waals surface area (Å²) in [5.41, 5.74) is 3.09. The molecule has 1 atom stereocenters. The molecule has 2 fully saturated rings. The van der Waals surface area contributed by atoms with E-state index in [4.69, 9.17) is 4.98 Å². The maximum Gasteiger partial charge on any atom is 0.337 e. The number of rotatable bonds is 5. The second-order valence-corrected chi connectivity index (χ2v) is 8.71. The number of benzene rings is 1. The maximum atomic E-state index is 13.0. The molecule has 2 N–H and O–H groups in total. The van der Waals surface area contributed by atoms with Crippen molar-refractivity contribution in [2.45, 2.75) is 57.7 Å². The molecule has 2 bridgehead atoms. The van der Waals surface area contributed by atoms with E-state index in [-0.39, 0.29) is 17.2 Å². The summed E-state index contributed by atoms with van der Waals surface area (Å²) in [5, 5.41) is 12.8. The molecule has 2 aromatic heterocycles. The van der Waals surface area contributed by atoms with Crippen molar-refractivity contribution in [2.75, 3.05) is 10.2 Å². The van der Waals surface area contributed by atoms with Gasteiger partial charge in [-0.2, -0.15) is 0 Å². The van der Waals surface area contributed by atoms with Crippen LogP contribution in [-0.2, 0) is 0 Å². The summed E-state index contributed by atoms with van der Waals surface area (Å²) in [5.74, 6) is -0.219. The minimum atomic E-state index is -0.981. The van der Waals surface area contributed by atoms with Crippen LogP contribution in [0.1, 0.15) is 60.1 Å². The molecule has 1 unspecified atom stereocenters. The van der Waals surface area contributed by atoms with Crippen molar-refractivity contribution in [1.82, 2.24) is 9.38 Å². The lowest BCUT2D eigenvalue weighted by atomic mass is 10.0. The highest BCUT2D eigenvalue weighted by atomic mass is 16.4. The molecule has 4 heterocycles. The predicted molar refractivity (Wildman–Crippen MR) is 120 cm³/mol. The highest BCUT2D eigenvalue weighted by Crippen LogP contribution is 2.40. The number of pyridine rings is 1. The Balaban J connectivity index is 1.59. The Bertz CT molecular complexity index is 1220. The first-order valence-electron chi connectivity index (χ1n) is 10.8. The first kappa shape index (κ1) is 19.6. The quantitative estimate of drug-likeness (QED) is 0.651. The third kappa shape index (κ3) is 3.34. The summed E-state index contributed by atoms with van der Waals surface area (Å²) >= 11 is 0. The van der Waals surface area contributed by atoms with Gasteiger partial charge in [0.1, 0.15) is 11.5 Å². The van der Waals surface area contributed by atoms with Gasteiger partial charge in [-0.3, -0.25) is 9.20 Å². The first-order valence-corrected chi connectivity index (χ1v) is 10.8. The molecule has 2 aliphatic rings. The zero-order valence-corrected chi connectivity index (χ0v) is 17.7. The minimum Gasteiger partial charge on any atom is -0.478 e. The van der Waals surface area contributed by atoms with Crippen LogP contribution in [-0.4, -0.2) is 32.5 Å². The average Bonchev–Trinajstić information content (AvgIpc) is 3.34. The number of para-hydroxylation sites is 1. The van der Waals surface area contributed by atoms with Crippen molar-refractivity contribution in [3.8, 4) is 0 Å². The number of nitrogens with one attached hydrogen (secondary N) is 1. The summed E-state index contributed by atoms with van der Waals surface area (Å²) in [6.45, 7) is 3.91. The third-order valence-electron chi connectivity index (χ3n) is 6.63.